The number of benzene rings is 1. The lowest BCUT2D eigenvalue weighted by Crippen LogP contribution is -2.33. The lowest BCUT2D eigenvalue weighted by molar-refractivity contribution is -0.121. The van der Waals surface area contributed by atoms with Crippen LogP contribution in [-0.4, -0.2) is 23.8 Å². The summed E-state index contributed by atoms with van der Waals surface area (Å²) in [7, 11) is 0. The minimum absolute atomic E-state index is 0.415. The Kier molecular flexibility index (Phi) is 3.95. The third-order valence-corrected chi connectivity index (χ3v) is 3.48. The molecule has 0 aromatic heterocycles. The standard InChI is InChI=1S/C15H21NO/c1-12(2)15-6-4-3-5-13(15)11-16-9-7-14(17)8-10-16/h3-6,12H,7-11H2,1-2H3. The Balaban J connectivity index is 2.05. The number of ketones is 1. The molecule has 0 radical (unpaired) electrons. The van der Waals surface area contributed by atoms with Crippen molar-refractivity contribution in [1.82, 2.24) is 4.90 Å². The molecule has 1 saturated heterocycles. The SMILES string of the molecule is CC(C)c1ccccc1CN1CCC(=O)CC1. The van der Waals surface area contributed by atoms with Gasteiger partial charge in [-0.25, -0.2) is 0 Å². The van der Waals surface area contributed by atoms with Crippen molar-refractivity contribution in [2.24, 2.45) is 0 Å². The number of carbonyl (C=O) groups is 1. The van der Waals surface area contributed by atoms with Crippen molar-refractivity contribution >= 4 is 5.78 Å². The van der Waals surface area contributed by atoms with E-state index in [1.54, 1.807) is 0 Å². The monoisotopic (exact) mass is 231 g/mol. The first-order valence-electron chi connectivity index (χ1n) is 6.48. The van der Waals surface area contributed by atoms with Crippen LogP contribution >= 0.6 is 0 Å². The molecule has 1 fully saturated rings. The molecule has 0 unspecified atom stereocenters. The van der Waals surface area contributed by atoms with E-state index < -0.39 is 0 Å². The highest BCUT2D eigenvalue weighted by Gasteiger charge is 2.17. The van der Waals surface area contributed by atoms with E-state index in [9.17, 15) is 4.79 Å². The second-order valence-corrected chi connectivity index (χ2v) is 5.17. The summed E-state index contributed by atoms with van der Waals surface area (Å²) in [5.74, 6) is 0.982. The van der Waals surface area contributed by atoms with Gasteiger partial charge in [0.25, 0.3) is 0 Å². The molecule has 2 heteroatoms. The Morgan fingerprint density at radius 2 is 1.82 bits per heavy atom. The maximum atomic E-state index is 11.2. The number of nitrogens with zero attached hydrogens (tertiary/aromatic N) is 1. The van der Waals surface area contributed by atoms with Gasteiger partial charge in [0, 0.05) is 32.5 Å². The van der Waals surface area contributed by atoms with E-state index in [2.05, 4.69) is 43.0 Å². The van der Waals surface area contributed by atoms with Gasteiger partial charge in [0.1, 0.15) is 5.78 Å². The van der Waals surface area contributed by atoms with Crippen molar-refractivity contribution in [2.45, 2.75) is 39.2 Å². The summed E-state index contributed by atoms with van der Waals surface area (Å²) in [5, 5.41) is 0. The maximum absolute atomic E-state index is 11.2. The van der Waals surface area contributed by atoms with Crippen LogP contribution in [-0.2, 0) is 11.3 Å². The Hall–Kier alpha value is -1.15. The molecule has 0 atom stereocenters. The second-order valence-electron chi connectivity index (χ2n) is 5.17. The smallest absolute Gasteiger partial charge is 0.135 e. The van der Waals surface area contributed by atoms with Crippen LogP contribution < -0.4 is 0 Å². The molecule has 17 heavy (non-hydrogen) atoms. The average Bonchev–Trinajstić information content (AvgIpc) is 2.32. The highest BCUT2D eigenvalue weighted by Crippen LogP contribution is 2.21. The summed E-state index contributed by atoms with van der Waals surface area (Å²) >= 11 is 0. The summed E-state index contributed by atoms with van der Waals surface area (Å²) in [6, 6.07) is 8.65. The summed E-state index contributed by atoms with van der Waals surface area (Å²) in [6.45, 7) is 7.30. The Morgan fingerprint density at radius 3 is 2.47 bits per heavy atom. The molecular formula is C15H21NO. The predicted molar refractivity (Wildman–Crippen MR) is 70.0 cm³/mol. The first-order chi connectivity index (χ1) is 8.16. The van der Waals surface area contributed by atoms with Gasteiger partial charge in [-0.15, -0.1) is 0 Å². The minimum Gasteiger partial charge on any atom is -0.300 e. The molecule has 0 amide bonds. The molecule has 2 nitrogen and oxygen atoms in total. The van der Waals surface area contributed by atoms with Gasteiger partial charge in [-0.1, -0.05) is 38.1 Å². The van der Waals surface area contributed by atoms with Gasteiger partial charge in [-0.05, 0) is 17.0 Å². The number of piperidine rings is 1. The predicted octanol–water partition coefficient (Wildman–Crippen LogP) is 2.97. The summed E-state index contributed by atoms with van der Waals surface area (Å²) in [6.07, 6.45) is 1.45. The van der Waals surface area contributed by atoms with Crippen molar-refractivity contribution in [3.05, 3.63) is 35.4 Å². The minimum atomic E-state index is 0.415. The molecule has 1 aliphatic heterocycles. The van der Waals surface area contributed by atoms with Crippen LogP contribution in [0.15, 0.2) is 24.3 Å². The highest BCUT2D eigenvalue weighted by molar-refractivity contribution is 5.79. The fourth-order valence-corrected chi connectivity index (χ4v) is 2.44. The number of likely N-dealkylation sites (tertiary alicyclic amines) is 1. The van der Waals surface area contributed by atoms with E-state index in [4.69, 9.17) is 0 Å². The molecule has 1 aromatic rings. The van der Waals surface area contributed by atoms with Crippen LogP contribution in [0.3, 0.4) is 0 Å². The number of rotatable bonds is 3. The zero-order valence-corrected chi connectivity index (χ0v) is 10.8. The number of carbonyl (C=O) groups excluding carboxylic acids is 1. The maximum Gasteiger partial charge on any atom is 0.135 e. The zero-order chi connectivity index (χ0) is 12.3. The van der Waals surface area contributed by atoms with E-state index >= 15 is 0 Å². The van der Waals surface area contributed by atoms with Crippen LogP contribution in [0, 0.1) is 0 Å². The van der Waals surface area contributed by atoms with Gasteiger partial charge in [0.2, 0.25) is 0 Å². The van der Waals surface area contributed by atoms with Crippen LogP contribution in [0.2, 0.25) is 0 Å². The van der Waals surface area contributed by atoms with Crippen LogP contribution in [0.1, 0.15) is 43.7 Å². The van der Waals surface area contributed by atoms with Crippen molar-refractivity contribution in [3.8, 4) is 0 Å². The zero-order valence-electron chi connectivity index (χ0n) is 10.8. The molecule has 0 bridgehead atoms. The summed E-state index contributed by atoms with van der Waals surface area (Å²) in [5.41, 5.74) is 2.85. The first kappa shape index (κ1) is 12.3. The normalized spacial score (nSPS) is 17.7. The van der Waals surface area contributed by atoms with Gasteiger partial charge < -0.3 is 0 Å². The molecule has 1 heterocycles. The van der Waals surface area contributed by atoms with E-state index in [0.29, 0.717) is 11.7 Å². The molecular weight excluding hydrogens is 210 g/mol. The highest BCUT2D eigenvalue weighted by atomic mass is 16.1. The summed E-state index contributed by atoms with van der Waals surface area (Å²) in [4.78, 5) is 13.6. The molecule has 1 aromatic carbocycles. The molecule has 0 saturated carbocycles. The Morgan fingerprint density at radius 1 is 1.18 bits per heavy atom. The van der Waals surface area contributed by atoms with Gasteiger partial charge >= 0.3 is 0 Å². The van der Waals surface area contributed by atoms with Crippen molar-refractivity contribution < 1.29 is 4.79 Å². The number of hydrogen-bond acceptors (Lipinski definition) is 2. The molecule has 0 spiro atoms. The van der Waals surface area contributed by atoms with Gasteiger partial charge in [-0.3, -0.25) is 9.69 Å². The largest absolute Gasteiger partial charge is 0.300 e. The van der Waals surface area contributed by atoms with Crippen molar-refractivity contribution in [2.75, 3.05) is 13.1 Å². The van der Waals surface area contributed by atoms with Crippen molar-refractivity contribution in [3.63, 3.8) is 0 Å². The van der Waals surface area contributed by atoms with Gasteiger partial charge in [0.15, 0.2) is 0 Å². The summed E-state index contributed by atoms with van der Waals surface area (Å²) < 4.78 is 0. The van der Waals surface area contributed by atoms with Crippen LogP contribution in [0.4, 0.5) is 0 Å². The Labute approximate surface area is 104 Å². The number of Topliss-reactive ketones (excluding diaryl/α,β-unsaturated/α-hetero) is 1. The molecule has 0 N–H and O–H groups in total. The lowest BCUT2D eigenvalue weighted by atomic mass is 9.96. The van der Waals surface area contributed by atoms with E-state index in [1.807, 2.05) is 0 Å². The van der Waals surface area contributed by atoms with E-state index in [-0.39, 0.29) is 0 Å². The first-order valence-corrected chi connectivity index (χ1v) is 6.48. The van der Waals surface area contributed by atoms with Crippen molar-refractivity contribution in [1.29, 1.82) is 0 Å². The van der Waals surface area contributed by atoms with Crippen LogP contribution in [0.25, 0.3) is 0 Å². The average molecular weight is 231 g/mol. The molecule has 0 aliphatic carbocycles. The Bertz CT molecular complexity index is 388. The third-order valence-electron chi connectivity index (χ3n) is 3.48. The van der Waals surface area contributed by atoms with Gasteiger partial charge in [0.05, 0.1) is 0 Å². The third kappa shape index (κ3) is 3.16. The quantitative estimate of drug-likeness (QED) is 0.797. The fraction of sp³-hybridized carbons (Fsp3) is 0.533. The number of hydrogen-bond donors (Lipinski definition) is 0. The van der Waals surface area contributed by atoms with E-state index in [0.717, 1.165) is 32.5 Å². The van der Waals surface area contributed by atoms with Crippen LogP contribution in [0.5, 0.6) is 0 Å². The fourth-order valence-electron chi connectivity index (χ4n) is 2.44. The molecule has 92 valence electrons. The second kappa shape index (κ2) is 5.46. The topological polar surface area (TPSA) is 20.3 Å². The van der Waals surface area contributed by atoms with E-state index in [1.165, 1.54) is 11.1 Å². The molecule has 2 rings (SSSR count). The van der Waals surface area contributed by atoms with Gasteiger partial charge in [-0.2, -0.15) is 0 Å². The molecule has 1 aliphatic rings. The lowest BCUT2D eigenvalue weighted by Gasteiger charge is -2.27.